The van der Waals surface area contributed by atoms with Gasteiger partial charge in [0.25, 0.3) is 0 Å². The Morgan fingerprint density at radius 3 is 1.00 bits per heavy atom. The maximum atomic E-state index is 10.1. The smallest absolute Gasteiger partial charge is 0.211 e. The molecule has 0 radical (unpaired) electrons. The van der Waals surface area contributed by atoms with Crippen molar-refractivity contribution in [2.24, 2.45) is 15.9 Å². The van der Waals surface area contributed by atoms with Crippen molar-refractivity contribution >= 4 is 12.2 Å². The molecule has 0 rings (SSSR count). The normalized spacial score (nSPS) is 11.7. The molecule has 0 fully saturated rings. The van der Waals surface area contributed by atoms with E-state index in [1.165, 1.54) is 154 Å². The molecule has 0 aromatic heterocycles. The van der Waals surface area contributed by atoms with Crippen LogP contribution in [0.1, 0.15) is 174 Å². The van der Waals surface area contributed by atoms with Crippen molar-refractivity contribution in [3.8, 4) is 0 Å². The summed E-state index contributed by atoms with van der Waals surface area (Å²) in [5.74, 6) is 0.966. The molecule has 36 heavy (non-hydrogen) atoms. The lowest BCUT2D eigenvalue weighted by atomic mass is 9.89. The molecule has 0 aliphatic rings. The molecule has 0 N–H and O–H groups in total. The minimum atomic E-state index is 0.658. The van der Waals surface area contributed by atoms with Gasteiger partial charge in [0.2, 0.25) is 12.2 Å². The van der Waals surface area contributed by atoms with Crippen molar-refractivity contribution in [2.75, 3.05) is 13.1 Å². The van der Waals surface area contributed by atoms with E-state index in [0.29, 0.717) is 13.1 Å². The van der Waals surface area contributed by atoms with Crippen molar-refractivity contribution in [3.63, 3.8) is 0 Å². The van der Waals surface area contributed by atoms with E-state index in [9.17, 15) is 9.59 Å². The molecule has 0 aliphatic carbocycles. The molecule has 1 atom stereocenters. The zero-order valence-electron chi connectivity index (χ0n) is 24.1. The first-order valence-corrected chi connectivity index (χ1v) is 15.9. The van der Waals surface area contributed by atoms with Crippen LogP contribution in [0.4, 0.5) is 0 Å². The molecule has 0 aliphatic heterocycles. The fourth-order valence-corrected chi connectivity index (χ4v) is 5.28. The third-order valence-electron chi connectivity index (χ3n) is 7.61. The Morgan fingerprint density at radius 2 is 0.694 bits per heavy atom. The Hall–Kier alpha value is -1.24. The molecule has 0 saturated carbocycles. The van der Waals surface area contributed by atoms with Crippen molar-refractivity contribution in [1.82, 2.24) is 0 Å². The summed E-state index contributed by atoms with van der Waals surface area (Å²) in [5, 5.41) is 0. The molecule has 1 unspecified atom stereocenters. The molecule has 0 aromatic rings. The van der Waals surface area contributed by atoms with Gasteiger partial charge in [0.1, 0.15) is 0 Å². The molecular weight excluding hydrogens is 444 g/mol. The minimum absolute atomic E-state index is 0.658. The molecule has 4 nitrogen and oxygen atoms in total. The van der Waals surface area contributed by atoms with Crippen LogP contribution in [0.3, 0.4) is 0 Å². The van der Waals surface area contributed by atoms with Crippen LogP contribution in [-0.2, 0) is 9.59 Å². The number of unbranched alkanes of at least 4 members (excludes halogenated alkanes) is 20. The second-order valence-corrected chi connectivity index (χ2v) is 11.0. The Labute approximate surface area is 224 Å². The summed E-state index contributed by atoms with van der Waals surface area (Å²) in [6.07, 6.45) is 38.4. The monoisotopic (exact) mass is 504 g/mol. The van der Waals surface area contributed by atoms with Gasteiger partial charge >= 0.3 is 0 Å². The summed E-state index contributed by atoms with van der Waals surface area (Å²) in [5.41, 5.74) is 0. The van der Waals surface area contributed by atoms with E-state index in [2.05, 4.69) is 16.9 Å². The Balaban J connectivity index is 3.66. The highest BCUT2D eigenvalue weighted by molar-refractivity contribution is 5.32. The van der Waals surface area contributed by atoms with Crippen LogP contribution in [0.15, 0.2) is 9.98 Å². The van der Waals surface area contributed by atoms with E-state index in [1.807, 2.05) is 0 Å². The Bertz CT molecular complexity index is 524. The Kier molecular flexibility index (Phi) is 30.7. The zero-order chi connectivity index (χ0) is 26.2. The number of aliphatic imine (C=N–C) groups is 2. The topological polar surface area (TPSA) is 58.9 Å². The third kappa shape index (κ3) is 29.0. The fraction of sp³-hybridized carbons (Fsp3) is 0.938. The van der Waals surface area contributed by atoms with Crippen LogP contribution in [0, 0.1) is 5.92 Å². The van der Waals surface area contributed by atoms with Crippen molar-refractivity contribution < 1.29 is 9.59 Å². The predicted octanol–water partition coefficient (Wildman–Crippen LogP) is 10.4. The predicted molar refractivity (Wildman–Crippen MR) is 155 cm³/mol. The second kappa shape index (κ2) is 31.8. The van der Waals surface area contributed by atoms with E-state index in [4.69, 9.17) is 0 Å². The quantitative estimate of drug-likeness (QED) is 0.0554. The van der Waals surface area contributed by atoms with Gasteiger partial charge in [0, 0.05) is 0 Å². The van der Waals surface area contributed by atoms with E-state index in [-0.39, 0.29) is 0 Å². The van der Waals surface area contributed by atoms with E-state index < -0.39 is 0 Å². The highest BCUT2D eigenvalue weighted by atomic mass is 16.1. The fourth-order valence-electron chi connectivity index (χ4n) is 5.28. The standard InChI is InChI=1S/C32H60N2O2/c1-2-3-4-20-25-32(27-22-17-13-11-15-19-24-29-34-31-36)26-21-16-12-9-7-5-6-8-10-14-18-23-28-33-30-35/h32H,2-29H2,1H3. The molecule has 0 amide bonds. The number of hydrogen-bond donors (Lipinski definition) is 0. The van der Waals surface area contributed by atoms with Gasteiger partial charge in [-0.15, -0.1) is 0 Å². The summed E-state index contributed by atoms with van der Waals surface area (Å²) < 4.78 is 0. The number of rotatable bonds is 30. The number of isocyanates is 2. The third-order valence-corrected chi connectivity index (χ3v) is 7.61. The van der Waals surface area contributed by atoms with Crippen molar-refractivity contribution in [1.29, 1.82) is 0 Å². The lowest BCUT2D eigenvalue weighted by molar-refractivity contribution is 0.366. The highest BCUT2D eigenvalue weighted by Gasteiger charge is 2.08. The van der Waals surface area contributed by atoms with Gasteiger partial charge in [0.15, 0.2) is 0 Å². The van der Waals surface area contributed by atoms with Crippen LogP contribution in [0.5, 0.6) is 0 Å². The van der Waals surface area contributed by atoms with E-state index >= 15 is 0 Å². The Morgan fingerprint density at radius 1 is 0.417 bits per heavy atom. The van der Waals surface area contributed by atoms with Crippen LogP contribution >= 0.6 is 0 Å². The molecule has 0 heterocycles. The first kappa shape index (κ1) is 34.8. The zero-order valence-corrected chi connectivity index (χ0v) is 24.1. The summed E-state index contributed by atoms with van der Waals surface area (Å²) >= 11 is 0. The van der Waals surface area contributed by atoms with Gasteiger partial charge in [-0.05, 0) is 18.8 Å². The largest absolute Gasteiger partial charge is 0.234 e. The summed E-state index contributed by atoms with van der Waals surface area (Å²) in [7, 11) is 0. The summed E-state index contributed by atoms with van der Waals surface area (Å²) in [6, 6.07) is 0. The molecule has 0 bridgehead atoms. The molecule has 210 valence electrons. The number of nitrogens with zero attached hydrogens (tertiary/aromatic N) is 2. The average Bonchev–Trinajstić information content (AvgIpc) is 2.89. The van der Waals surface area contributed by atoms with Gasteiger partial charge < -0.3 is 0 Å². The molecule has 4 heteroatoms. The first-order chi connectivity index (χ1) is 17.8. The molecule has 0 saturated heterocycles. The van der Waals surface area contributed by atoms with Crippen molar-refractivity contribution in [3.05, 3.63) is 0 Å². The summed E-state index contributed by atoms with van der Waals surface area (Å²) in [4.78, 5) is 27.3. The van der Waals surface area contributed by atoms with Crippen LogP contribution in [0.2, 0.25) is 0 Å². The summed E-state index contributed by atoms with van der Waals surface area (Å²) in [6.45, 7) is 3.63. The van der Waals surface area contributed by atoms with E-state index in [1.54, 1.807) is 12.2 Å². The molecular formula is C32H60N2O2. The maximum Gasteiger partial charge on any atom is 0.234 e. The highest BCUT2D eigenvalue weighted by Crippen LogP contribution is 2.24. The van der Waals surface area contributed by atoms with Crippen LogP contribution < -0.4 is 0 Å². The lowest BCUT2D eigenvalue weighted by Crippen LogP contribution is -2.01. The van der Waals surface area contributed by atoms with E-state index in [0.717, 1.165) is 18.8 Å². The van der Waals surface area contributed by atoms with Gasteiger partial charge in [-0.1, -0.05) is 161 Å². The maximum absolute atomic E-state index is 10.1. The number of hydrogen-bond acceptors (Lipinski definition) is 4. The van der Waals surface area contributed by atoms with Crippen LogP contribution in [0.25, 0.3) is 0 Å². The van der Waals surface area contributed by atoms with Gasteiger partial charge in [-0.25, -0.2) is 19.6 Å². The van der Waals surface area contributed by atoms with Gasteiger partial charge in [-0.2, -0.15) is 0 Å². The van der Waals surface area contributed by atoms with Crippen molar-refractivity contribution in [2.45, 2.75) is 174 Å². The minimum Gasteiger partial charge on any atom is -0.211 e. The first-order valence-electron chi connectivity index (χ1n) is 15.9. The molecule has 0 spiro atoms. The number of carbonyl (C=O) groups excluding carboxylic acids is 2. The average molecular weight is 505 g/mol. The SMILES string of the molecule is CCCCCCC(CCCCCCCCCCCCCCN=C=O)CCCCCCCCCN=C=O. The molecule has 0 aromatic carbocycles. The van der Waals surface area contributed by atoms with Gasteiger partial charge in [-0.3, -0.25) is 0 Å². The van der Waals surface area contributed by atoms with Crippen LogP contribution in [-0.4, -0.2) is 25.2 Å². The second-order valence-electron chi connectivity index (χ2n) is 11.0. The van der Waals surface area contributed by atoms with Gasteiger partial charge in [0.05, 0.1) is 13.1 Å². The lowest BCUT2D eigenvalue weighted by Gasteiger charge is -2.17.